The number of fused-ring (bicyclic) bond motifs is 3. The summed E-state index contributed by atoms with van der Waals surface area (Å²) in [5.74, 6) is 4.49. The van der Waals surface area contributed by atoms with Gasteiger partial charge in [0.25, 0.3) is 0 Å². The van der Waals surface area contributed by atoms with Crippen molar-refractivity contribution in [2.45, 2.75) is 31.4 Å². The maximum Gasteiger partial charge on any atom is 0.223 e. The highest BCUT2D eigenvalue weighted by Crippen LogP contribution is 2.44. The number of carbonyl (C=O) groups excluding carboxylic acids is 1. The first-order chi connectivity index (χ1) is 18.6. The molecule has 38 heavy (non-hydrogen) atoms. The largest absolute Gasteiger partial charge is 0.496 e. The van der Waals surface area contributed by atoms with E-state index in [1.165, 1.54) is 0 Å². The van der Waals surface area contributed by atoms with E-state index in [0.717, 1.165) is 42.2 Å². The lowest BCUT2D eigenvalue weighted by molar-refractivity contribution is -0.123. The van der Waals surface area contributed by atoms with Crippen molar-refractivity contribution in [3.63, 3.8) is 0 Å². The number of piperidine rings is 1. The molecule has 2 N–H and O–H groups in total. The number of likely N-dealkylation sites (tertiary alicyclic amines) is 1. The minimum atomic E-state index is -0.734. The molecule has 202 valence electrons. The van der Waals surface area contributed by atoms with E-state index in [-0.39, 0.29) is 24.3 Å². The van der Waals surface area contributed by atoms with E-state index in [9.17, 15) is 9.90 Å². The highest BCUT2D eigenvalue weighted by Gasteiger charge is 2.36. The van der Waals surface area contributed by atoms with Crippen molar-refractivity contribution in [2.75, 3.05) is 46.6 Å². The van der Waals surface area contributed by atoms with E-state index in [2.05, 4.69) is 28.4 Å². The van der Waals surface area contributed by atoms with E-state index < -0.39 is 6.10 Å². The molecule has 6 rings (SSSR count). The third-order valence-corrected chi connectivity index (χ3v) is 8.09. The van der Waals surface area contributed by atoms with Crippen molar-refractivity contribution >= 4 is 5.91 Å². The predicted octanol–water partition coefficient (Wildman–Crippen LogP) is 3.26. The van der Waals surface area contributed by atoms with Crippen LogP contribution in [0.5, 0.6) is 11.5 Å². The smallest absolute Gasteiger partial charge is 0.223 e. The monoisotopic (exact) mass is 520 g/mol. The Morgan fingerprint density at radius 1 is 1.18 bits per heavy atom. The number of nitrogens with zero attached hydrogens (tertiary/aromatic N) is 1. The molecule has 3 unspecified atom stereocenters. The highest BCUT2D eigenvalue weighted by molar-refractivity contribution is 5.76. The van der Waals surface area contributed by atoms with E-state index in [1.54, 1.807) is 7.11 Å². The van der Waals surface area contributed by atoms with Crippen LogP contribution in [0.4, 0.5) is 0 Å². The number of carbonyl (C=O) groups is 1. The van der Waals surface area contributed by atoms with Gasteiger partial charge in [-0.2, -0.15) is 0 Å². The molecule has 0 spiro atoms. The molecule has 8 nitrogen and oxygen atoms in total. The SMILES string of the molecule is COC1=CC=C(OCCC(=O)NC(C[C@@H](O)c2ccc3c(c2)OCCO3)CN2CCC3C=CC3C2)[C@H]2C=C12. The second kappa shape index (κ2) is 10.9. The molecule has 5 aliphatic rings. The van der Waals surface area contributed by atoms with E-state index in [1.807, 2.05) is 30.4 Å². The first kappa shape index (κ1) is 25.1. The van der Waals surface area contributed by atoms with Crippen molar-refractivity contribution in [1.82, 2.24) is 10.2 Å². The summed E-state index contributed by atoms with van der Waals surface area (Å²) in [4.78, 5) is 15.4. The molecule has 1 saturated heterocycles. The highest BCUT2D eigenvalue weighted by atomic mass is 16.6. The van der Waals surface area contributed by atoms with E-state index >= 15 is 0 Å². The molecule has 8 heteroatoms. The van der Waals surface area contributed by atoms with Gasteiger partial charge in [-0.25, -0.2) is 0 Å². The standard InChI is InChI=1S/C30H36N2O6/c1-35-26-6-7-27(24-16-23(24)26)36-11-9-30(34)31-22(18-32-10-8-19-2-3-21(19)17-32)15-25(33)20-4-5-28-29(14-20)38-13-12-37-28/h2-7,14,16,19,21-22,24-25,33H,8-13,15,17-18H2,1H3,(H,31,34)/t19?,21?,22?,24-,25+/m0/s1. The van der Waals surface area contributed by atoms with Gasteiger partial charge in [0.1, 0.15) is 24.7 Å². The summed E-state index contributed by atoms with van der Waals surface area (Å²) in [7, 11) is 1.67. The number of nitrogens with one attached hydrogen (secondary N) is 1. The van der Waals surface area contributed by atoms with Gasteiger partial charge in [0.05, 0.1) is 32.2 Å². The van der Waals surface area contributed by atoms with Gasteiger partial charge in [0.15, 0.2) is 11.5 Å². The second-order valence-corrected chi connectivity index (χ2v) is 10.7. The zero-order valence-corrected chi connectivity index (χ0v) is 21.8. The van der Waals surface area contributed by atoms with Crippen molar-refractivity contribution in [3.05, 3.63) is 71.2 Å². The van der Waals surface area contributed by atoms with Gasteiger partial charge >= 0.3 is 0 Å². The molecule has 1 fully saturated rings. The fourth-order valence-corrected chi connectivity index (χ4v) is 5.83. The van der Waals surface area contributed by atoms with Gasteiger partial charge in [0.2, 0.25) is 5.91 Å². The fraction of sp³-hybridized carbons (Fsp3) is 0.500. The van der Waals surface area contributed by atoms with Gasteiger partial charge in [-0.3, -0.25) is 4.79 Å². The quantitative estimate of drug-likeness (QED) is 0.433. The van der Waals surface area contributed by atoms with E-state index in [0.29, 0.717) is 56.1 Å². The van der Waals surface area contributed by atoms with Crippen LogP contribution in [0.1, 0.15) is 30.9 Å². The van der Waals surface area contributed by atoms with Crippen LogP contribution in [0.25, 0.3) is 0 Å². The molecule has 1 aromatic carbocycles. The summed E-state index contributed by atoms with van der Waals surface area (Å²) in [6.07, 6.45) is 11.6. The lowest BCUT2D eigenvalue weighted by atomic mass is 9.77. The van der Waals surface area contributed by atoms with Crippen molar-refractivity contribution in [2.24, 2.45) is 17.8 Å². The van der Waals surface area contributed by atoms with Gasteiger partial charge in [-0.15, -0.1) is 0 Å². The molecule has 0 saturated carbocycles. The van der Waals surface area contributed by atoms with Gasteiger partial charge in [-0.1, -0.05) is 24.3 Å². The lowest BCUT2D eigenvalue weighted by Gasteiger charge is -2.42. The van der Waals surface area contributed by atoms with Gasteiger partial charge in [0, 0.05) is 24.7 Å². The molecule has 1 aromatic rings. The molecule has 5 atom stereocenters. The first-order valence-electron chi connectivity index (χ1n) is 13.7. The summed E-state index contributed by atoms with van der Waals surface area (Å²) in [5, 5.41) is 14.3. The number of aliphatic hydroxyl groups is 1. The normalized spacial score (nSPS) is 26.4. The van der Waals surface area contributed by atoms with Crippen LogP contribution in [0.2, 0.25) is 0 Å². The maximum absolute atomic E-state index is 13.0. The molecule has 3 aliphatic carbocycles. The Balaban J connectivity index is 1.06. The first-order valence-corrected chi connectivity index (χ1v) is 13.7. The molecular weight excluding hydrogens is 484 g/mol. The summed E-state index contributed by atoms with van der Waals surface area (Å²) in [6, 6.07) is 5.37. The summed E-state index contributed by atoms with van der Waals surface area (Å²) in [6.45, 7) is 4.04. The minimum Gasteiger partial charge on any atom is -0.496 e. The summed E-state index contributed by atoms with van der Waals surface area (Å²) in [5.41, 5.74) is 1.91. The Labute approximate surface area is 223 Å². The zero-order valence-electron chi connectivity index (χ0n) is 21.8. The Morgan fingerprint density at radius 3 is 2.82 bits per heavy atom. The Hall–Kier alpha value is -3.23. The van der Waals surface area contributed by atoms with Crippen molar-refractivity contribution in [1.29, 1.82) is 0 Å². The number of ether oxygens (including phenoxy) is 4. The second-order valence-electron chi connectivity index (χ2n) is 10.7. The Bertz CT molecular complexity index is 1190. The van der Waals surface area contributed by atoms with Crippen LogP contribution in [-0.2, 0) is 14.3 Å². The number of hydrogen-bond donors (Lipinski definition) is 2. The molecule has 0 radical (unpaired) electrons. The lowest BCUT2D eigenvalue weighted by Crippen LogP contribution is -2.49. The number of methoxy groups -OCH3 is 1. The number of aliphatic hydroxyl groups excluding tert-OH is 1. The number of benzene rings is 1. The van der Waals surface area contributed by atoms with Crippen LogP contribution in [0.3, 0.4) is 0 Å². The van der Waals surface area contributed by atoms with Crippen LogP contribution >= 0.6 is 0 Å². The third kappa shape index (κ3) is 5.47. The number of allylic oxidation sites excluding steroid dienone is 5. The summed E-state index contributed by atoms with van der Waals surface area (Å²) < 4.78 is 22.6. The minimum absolute atomic E-state index is 0.0729. The molecular formula is C30H36N2O6. The average Bonchev–Trinajstić information content (AvgIpc) is 3.71. The zero-order chi connectivity index (χ0) is 26.1. The third-order valence-electron chi connectivity index (χ3n) is 8.09. The van der Waals surface area contributed by atoms with Crippen LogP contribution in [0.15, 0.2) is 65.7 Å². The number of amides is 1. The topological polar surface area (TPSA) is 89.5 Å². The van der Waals surface area contributed by atoms with Crippen molar-refractivity contribution in [3.8, 4) is 11.5 Å². The number of hydrogen-bond acceptors (Lipinski definition) is 7. The van der Waals surface area contributed by atoms with Crippen LogP contribution in [0, 0.1) is 17.8 Å². The molecule has 2 aliphatic heterocycles. The van der Waals surface area contributed by atoms with Gasteiger partial charge < -0.3 is 34.3 Å². The Kier molecular flexibility index (Phi) is 7.17. The van der Waals surface area contributed by atoms with Gasteiger partial charge in [-0.05, 0) is 61.1 Å². The predicted molar refractivity (Wildman–Crippen MR) is 141 cm³/mol. The summed E-state index contributed by atoms with van der Waals surface area (Å²) >= 11 is 0. The number of rotatable bonds is 11. The molecule has 0 aromatic heterocycles. The van der Waals surface area contributed by atoms with Crippen LogP contribution in [-0.4, -0.2) is 68.5 Å². The molecule has 2 heterocycles. The Morgan fingerprint density at radius 2 is 2.03 bits per heavy atom. The van der Waals surface area contributed by atoms with E-state index in [4.69, 9.17) is 18.9 Å². The molecule has 1 amide bonds. The van der Waals surface area contributed by atoms with Crippen LogP contribution < -0.4 is 14.8 Å². The maximum atomic E-state index is 13.0. The van der Waals surface area contributed by atoms with Crippen molar-refractivity contribution < 1.29 is 28.8 Å². The fourth-order valence-electron chi connectivity index (χ4n) is 5.83. The average molecular weight is 521 g/mol. The molecule has 0 bridgehead atoms.